The Bertz CT molecular complexity index is 850. The van der Waals surface area contributed by atoms with Gasteiger partial charge in [-0.15, -0.1) is 0 Å². The van der Waals surface area contributed by atoms with Gasteiger partial charge >= 0.3 is 0 Å². The predicted octanol–water partition coefficient (Wildman–Crippen LogP) is 2.66. The number of carbonyl (C=O) groups excluding carboxylic acids is 1. The molecule has 1 aromatic carbocycles. The Balaban J connectivity index is 1.31. The Kier molecular flexibility index (Phi) is 6.14. The standard InChI is InChI=1S/C22H28N4O3/c1-2-3-6-24-22(27)18-12-19(14-23-13-18)26-9-7-25(8-10-26)15-17-4-5-20-21(11-17)29-16-28-20/h4-5,11-14H,2-3,6-10,15-16H2,1H3,(H,24,27). The zero-order valence-corrected chi connectivity index (χ0v) is 16.9. The van der Waals surface area contributed by atoms with E-state index >= 15 is 0 Å². The molecule has 4 rings (SSSR count). The van der Waals surface area contributed by atoms with Crippen LogP contribution < -0.4 is 19.7 Å². The van der Waals surface area contributed by atoms with E-state index < -0.39 is 0 Å². The van der Waals surface area contributed by atoms with Crippen molar-refractivity contribution in [2.45, 2.75) is 26.3 Å². The van der Waals surface area contributed by atoms with Crippen LogP contribution in [0.4, 0.5) is 5.69 Å². The van der Waals surface area contributed by atoms with Crippen molar-refractivity contribution in [2.75, 3.05) is 44.4 Å². The molecule has 0 saturated carbocycles. The van der Waals surface area contributed by atoms with Crippen LogP contribution in [0.15, 0.2) is 36.7 Å². The van der Waals surface area contributed by atoms with E-state index in [0.717, 1.165) is 62.8 Å². The monoisotopic (exact) mass is 396 g/mol. The number of amides is 1. The maximum atomic E-state index is 12.3. The number of anilines is 1. The van der Waals surface area contributed by atoms with E-state index in [1.165, 1.54) is 5.56 Å². The topological polar surface area (TPSA) is 66.9 Å². The molecule has 1 amide bonds. The van der Waals surface area contributed by atoms with Crippen molar-refractivity contribution in [2.24, 2.45) is 0 Å². The molecule has 154 valence electrons. The van der Waals surface area contributed by atoms with E-state index in [1.54, 1.807) is 6.20 Å². The molecule has 0 radical (unpaired) electrons. The van der Waals surface area contributed by atoms with E-state index in [0.29, 0.717) is 18.9 Å². The summed E-state index contributed by atoms with van der Waals surface area (Å²) in [5, 5.41) is 2.96. The molecule has 0 bridgehead atoms. The molecule has 7 heteroatoms. The number of hydrogen-bond donors (Lipinski definition) is 1. The summed E-state index contributed by atoms with van der Waals surface area (Å²) in [6, 6.07) is 8.10. The fourth-order valence-electron chi connectivity index (χ4n) is 3.67. The summed E-state index contributed by atoms with van der Waals surface area (Å²) >= 11 is 0. The van der Waals surface area contributed by atoms with Gasteiger partial charge in [0, 0.05) is 45.5 Å². The average Bonchev–Trinajstić information content (AvgIpc) is 3.22. The molecule has 3 heterocycles. The number of carbonyl (C=O) groups is 1. The zero-order chi connectivity index (χ0) is 20.1. The van der Waals surface area contributed by atoms with E-state index in [4.69, 9.17) is 9.47 Å². The number of hydrogen-bond acceptors (Lipinski definition) is 6. The molecule has 1 aromatic heterocycles. The van der Waals surface area contributed by atoms with Gasteiger partial charge in [0.1, 0.15) is 0 Å². The van der Waals surface area contributed by atoms with Crippen LogP contribution in [0.25, 0.3) is 0 Å². The lowest BCUT2D eigenvalue weighted by Gasteiger charge is -2.36. The summed E-state index contributed by atoms with van der Waals surface area (Å²) in [6.45, 7) is 7.76. The molecule has 0 unspecified atom stereocenters. The van der Waals surface area contributed by atoms with Crippen molar-refractivity contribution < 1.29 is 14.3 Å². The smallest absolute Gasteiger partial charge is 0.252 e. The van der Waals surface area contributed by atoms with Gasteiger partial charge in [0.05, 0.1) is 17.4 Å². The molecule has 1 fully saturated rings. The Morgan fingerprint density at radius 1 is 1.10 bits per heavy atom. The van der Waals surface area contributed by atoms with Crippen molar-refractivity contribution in [1.29, 1.82) is 0 Å². The number of fused-ring (bicyclic) bond motifs is 1. The summed E-state index contributed by atoms with van der Waals surface area (Å²) in [5.41, 5.74) is 2.87. The maximum absolute atomic E-state index is 12.3. The summed E-state index contributed by atoms with van der Waals surface area (Å²) in [5.74, 6) is 1.61. The minimum absolute atomic E-state index is 0.0470. The first-order valence-electron chi connectivity index (χ1n) is 10.3. The van der Waals surface area contributed by atoms with E-state index in [9.17, 15) is 4.79 Å². The van der Waals surface area contributed by atoms with Gasteiger partial charge in [-0.2, -0.15) is 0 Å². The number of unbranched alkanes of at least 4 members (excludes halogenated alkanes) is 1. The summed E-state index contributed by atoms with van der Waals surface area (Å²) < 4.78 is 10.9. The van der Waals surface area contributed by atoms with Crippen LogP contribution in [0.3, 0.4) is 0 Å². The number of nitrogens with zero attached hydrogens (tertiary/aromatic N) is 3. The predicted molar refractivity (Wildman–Crippen MR) is 112 cm³/mol. The maximum Gasteiger partial charge on any atom is 0.252 e. The minimum Gasteiger partial charge on any atom is -0.454 e. The van der Waals surface area contributed by atoms with Crippen molar-refractivity contribution in [3.63, 3.8) is 0 Å². The third-order valence-electron chi connectivity index (χ3n) is 5.38. The molecule has 0 atom stereocenters. The fourth-order valence-corrected chi connectivity index (χ4v) is 3.67. The van der Waals surface area contributed by atoms with Crippen LogP contribution in [0.5, 0.6) is 11.5 Å². The van der Waals surface area contributed by atoms with Gasteiger partial charge in [-0.25, -0.2) is 0 Å². The third-order valence-corrected chi connectivity index (χ3v) is 5.38. The number of piperazine rings is 1. The number of rotatable bonds is 7. The van der Waals surface area contributed by atoms with Crippen LogP contribution in [0, 0.1) is 0 Å². The SMILES string of the molecule is CCCCNC(=O)c1cncc(N2CCN(Cc3ccc4c(c3)OCO4)CC2)c1. The summed E-state index contributed by atoms with van der Waals surface area (Å²) in [4.78, 5) is 21.3. The Morgan fingerprint density at radius 3 is 2.76 bits per heavy atom. The first kappa shape index (κ1) is 19.5. The highest BCUT2D eigenvalue weighted by molar-refractivity contribution is 5.94. The Labute approximate surface area is 171 Å². The van der Waals surface area contributed by atoms with Crippen LogP contribution >= 0.6 is 0 Å². The molecule has 2 aliphatic rings. The minimum atomic E-state index is -0.0470. The fraction of sp³-hybridized carbons (Fsp3) is 0.455. The second kappa shape index (κ2) is 9.13. The highest BCUT2D eigenvalue weighted by Crippen LogP contribution is 2.33. The lowest BCUT2D eigenvalue weighted by atomic mass is 10.1. The molecule has 0 spiro atoms. The van der Waals surface area contributed by atoms with Gasteiger partial charge < -0.3 is 19.7 Å². The molecule has 2 aromatic rings. The molecule has 1 saturated heterocycles. The van der Waals surface area contributed by atoms with Crippen LogP contribution in [0.1, 0.15) is 35.7 Å². The lowest BCUT2D eigenvalue weighted by Crippen LogP contribution is -2.46. The normalized spacial score (nSPS) is 16.1. The van der Waals surface area contributed by atoms with Crippen LogP contribution in [0.2, 0.25) is 0 Å². The molecule has 1 N–H and O–H groups in total. The second-order valence-electron chi connectivity index (χ2n) is 7.49. The van der Waals surface area contributed by atoms with Gasteiger partial charge in [-0.3, -0.25) is 14.7 Å². The molecule has 7 nitrogen and oxygen atoms in total. The quantitative estimate of drug-likeness (QED) is 0.726. The van der Waals surface area contributed by atoms with Crippen LogP contribution in [-0.4, -0.2) is 55.3 Å². The van der Waals surface area contributed by atoms with E-state index in [1.807, 2.05) is 18.3 Å². The highest BCUT2D eigenvalue weighted by Gasteiger charge is 2.20. The largest absolute Gasteiger partial charge is 0.454 e. The number of ether oxygens (including phenoxy) is 2. The van der Waals surface area contributed by atoms with E-state index in [2.05, 4.69) is 39.2 Å². The average molecular weight is 396 g/mol. The molecular formula is C22H28N4O3. The lowest BCUT2D eigenvalue weighted by molar-refractivity contribution is 0.0953. The first-order chi connectivity index (χ1) is 14.2. The Morgan fingerprint density at radius 2 is 1.93 bits per heavy atom. The van der Waals surface area contributed by atoms with Crippen molar-refractivity contribution in [1.82, 2.24) is 15.2 Å². The van der Waals surface area contributed by atoms with Crippen LogP contribution in [-0.2, 0) is 6.54 Å². The first-order valence-corrected chi connectivity index (χ1v) is 10.3. The van der Waals surface area contributed by atoms with E-state index in [-0.39, 0.29) is 5.91 Å². The number of pyridine rings is 1. The number of benzene rings is 1. The molecule has 29 heavy (non-hydrogen) atoms. The van der Waals surface area contributed by atoms with Gasteiger partial charge in [0.25, 0.3) is 5.91 Å². The summed E-state index contributed by atoms with van der Waals surface area (Å²) in [7, 11) is 0. The van der Waals surface area contributed by atoms with Gasteiger partial charge in [-0.1, -0.05) is 19.4 Å². The van der Waals surface area contributed by atoms with Gasteiger partial charge in [0.15, 0.2) is 11.5 Å². The molecule has 2 aliphatic heterocycles. The van der Waals surface area contributed by atoms with Gasteiger partial charge in [-0.05, 0) is 30.2 Å². The third kappa shape index (κ3) is 4.79. The highest BCUT2D eigenvalue weighted by atomic mass is 16.7. The number of nitrogens with one attached hydrogen (secondary N) is 1. The zero-order valence-electron chi connectivity index (χ0n) is 16.9. The second-order valence-corrected chi connectivity index (χ2v) is 7.49. The Hall–Kier alpha value is -2.80. The van der Waals surface area contributed by atoms with Crippen molar-refractivity contribution >= 4 is 11.6 Å². The molecule has 0 aliphatic carbocycles. The summed E-state index contributed by atoms with van der Waals surface area (Å²) in [6.07, 6.45) is 5.54. The van der Waals surface area contributed by atoms with Crippen molar-refractivity contribution in [3.05, 3.63) is 47.8 Å². The van der Waals surface area contributed by atoms with Gasteiger partial charge in [0.2, 0.25) is 6.79 Å². The number of aromatic nitrogens is 1. The van der Waals surface area contributed by atoms with Crippen molar-refractivity contribution in [3.8, 4) is 11.5 Å². The molecular weight excluding hydrogens is 368 g/mol.